The average Bonchev–Trinajstić information content (AvgIpc) is 2.38. The Bertz CT molecular complexity index is 407. The van der Waals surface area contributed by atoms with Gasteiger partial charge in [0.1, 0.15) is 0 Å². The molecule has 0 fully saturated rings. The molecule has 0 radical (unpaired) electrons. The first kappa shape index (κ1) is 16.4. The van der Waals surface area contributed by atoms with Crippen molar-refractivity contribution in [3.63, 3.8) is 0 Å². The van der Waals surface area contributed by atoms with Gasteiger partial charge < -0.3 is 15.3 Å². The number of rotatable bonds is 6. The molecule has 0 aliphatic carbocycles. The van der Waals surface area contributed by atoms with Gasteiger partial charge in [-0.2, -0.15) is 0 Å². The van der Waals surface area contributed by atoms with Crippen molar-refractivity contribution < 1.29 is 9.90 Å². The molecule has 0 saturated carbocycles. The van der Waals surface area contributed by atoms with E-state index in [-0.39, 0.29) is 11.9 Å². The van der Waals surface area contributed by atoms with Gasteiger partial charge in [-0.1, -0.05) is 19.9 Å². The summed E-state index contributed by atoms with van der Waals surface area (Å²) in [6.07, 6.45) is 3.07. The van der Waals surface area contributed by atoms with Gasteiger partial charge in [0.25, 0.3) is 0 Å². The molecule has 2 amide bonds. The number of likely N-dealkylation sites (N-methyl/N-ethyl adjacent to an activating group) is 1. The fourth-order valence-corrected chi connectivity index (χ4v) is 2.15. The van der Waals surface area contributed by atoms with Gasteiger partial charge in [0.05, 0.1) is 6.10 Å². The molecule has 1 aromatic heterocycles. The van der Waals surface area contributed by atoms with Crippen molar-refractivity contribution in [2.24, 2.45) is 5.92 Å². The van der Waals surface area contributed by atoms with Crippen LogP contribution in [-0.4, -0.2) is 47.3 Å². The van der Waals surface area contributed by atoms with Gasteiger partial charge in [-0.05, 0) is 24.5 Å². The van der Waals surface area contributed by atoms with E-state index in [2.05, 4.69) is 24.1 Å². The highest BCUT2D eigenvalue weighted by atomic mass is 16.3. The first-order valence-electron chi connectivity index (χ1n) is 6.98. The van der Waals surface area contributed by atoms with Crippen molar-refractivity contribution in [3.8, 4) is 0 Å². The normalized spacial score (nSPS) is 13.9. The molecule has 0 aromatic carbocycles. The molecule has 1 heterocycles. The number of nitrogens with zero attached hydrogens (tertiary/aromatic N) is 2. The maximum absolute atomic E-state index is 11.9. The van der Waals surface area contributed by atoms with Crippen LogP contribution < -0.4 is 5.32 Å². The number of amides is 2. The van der Waals surface area contributed by atoms with Crippen LogP contribution >= 0.6 is 0 Å². The third-order valence-electron chi connectivity index (χ3n) is 3.28. The second kappa shape index (κ2) is 7.85. The number of carbonyl (C=O) groups is 1. The minimum atomic E-state index is -0.523. The Morgan fingerprint density at radius 3 is 2.65 bits per heavy atom. The lowest BCUT2D eigenvalue weighted by Gasteiger charge is -2.24. The molecule has 0 bridgehead atoms. The number of urea groups is 1. The van der Waals surface area contributed by atoms with Gasteiger partial charge in [-0.25, -0.2) is 4.79 Å². The molecule has 2 atom stereocenters. The molecular formula is C15H25N3O2. The summed E-state index contributed by atoms with van der Waals surface area (Å²) in [5, 5.41) is 12.2. The average molecular weight is 279 g/mol. The van der Waals surface area contributed by atoms with Gasteiger partial charge in [0.2, 0.25) is 0 Å². The predicted octanol–water partition coefficient (Wildman–Crippen LogP) is 1.84. The third-order valence-corrected chi connectivity index (χ3v) is 3.28. The van der Waals surface area contributed by atoms with E-state index < -0.39 is 6.10 Å². The Morgan fingerprint density at radius 1 is 1.45 bits per heavy atom. The van der Waals surface area contributed by atoms with Crippen LogP contribution in [0.5, 0.6) is 0 Å². The molecule has 0 aliphatic rings. The number of carbonyl (C=O) groups excluding carboxylic acids is 1. The first-order chi connectivity index (χ1) is 9.41. The van der Waals surface area contributed by atoms with E-state index in [0.29, 0.717) is 19.0 Å². The zero-order chi connectivity index (χ0) is 15.1. The molecule has 2 N–H and O–H groups in total. The Hall–Kier alpha value is -1.62. The van der Waals surface area contributed by atoms with E-state index in [9.17, 15) is 9.90 Å². The summed E-state index contributed by atoms with van der Waals surface area (Å²) in [7, 11) is 1.68. The smallest absolute Gasteiger partial charge is 0.317 e. The molecular weight excluding hydrogens is 254 g/mol. The summed E-state index contributed by atoms with van der Waals surface area (Å²) < 4.78 is 0. The molecule has 0 aliphatic heterocycles. The quantitative estimate of drug-likeness (QED) is 0.835. The highest BCUT2D eigenvalue weighted by Crippen LogP contribution is 2.22. The number of aliphatic hydroxyl groups is 1. The lowest BCUT2D eigenvalue weighted by Crippen LogP contribution is -2.42. The maximum atomic E-state index is 11.9. The van der Waals surface area contributed by atoms with Crippen molar-refractivity contribution in [3.05, 3.63) is 30.1 Å². The van der Waals surface area contributed by atoms with Crippen LogP contribution in [0.15, 0.2) is 24.5 Å². The van der Waals surface area contributed by atoms with E-state index >= 15 is 0 Å². The van der Waals surface area contributed by atoms with E-state index in [1.54, 1.807) is 20.2 Å². The standard InChI is InChI=1S/C15H25N3O2/c1-11(2)14(13-6-5-7-16-8-13)9-17-15(20)18(4)10-12(3)19/h5-8,11-12,14,19H,9-10H2,1-4H3,(H,17,20). The lowest BCUT2D eigenvalue weighted by atomic mass is 9.89. The zero-order valence-electron chi connectivity index (χ0n) is 12.7. The molecule has 5 heteroatoms. The second-order valence-electron chi connectivity index (χ2n) is 5.55. The van der Waals surface area contributed by atoms with E-state index in [1.165, 1.54) is 4.90 Å². The molecule has 112 valence electrons. The number of hydrogen-bond donors (Lipinski definition) is 2. The summed E-state index contributed by atoms with van der Waals surface area (Å²) >= 11 is 0. The number of aromatic nitrogens is 1. The minimum Gasteiger partial charge on any atom is -0.392 e. The van der Waals surface area contributed by atoms with Crippen LogP contribution in [0, 0.1) is 5.92 Å². The summed E-state index contributed by atoms with van der Waals surface area (Å²) in [4.78, 5) is 17.5. The molecule has 2 unspecified atom stereocenters. The lowest BCUT2D eigenvalue weighted by molar-refractivity contribution is 0.143. The van der Waals surface area contributed by atoms with E-state index in [1.807, 2.05) is 18.3 Å². The summed E-state index contributed by atoms with van der Waals surface area (Å²) in [6, 6.07) is 3.77. The highest BCUT2D eigenvalue weighted by Gasteiger charge is 2.18. The van der Waals surface area contributed by atoms with E-state index in [0.717, 1.165) is 5.56 Å². The van der Waals surface area contributed by atoms with Crippen molar-refractivity contribution in [2.75, 3.05) is 20.1 Å². The first-order valence-corrected chi connectivity index (χ1v) is 6.98. The highest BCUT2D eigenvalue weighted by molar-refractivity contribution is 5.73. The summed E-state index contributed by atoms with van der Waals surface area (Å²) in [5.41, 5.74) is 1.13. The van der Waals surface area contributed by atoms with Crippen LogP contribution in [-0.2, 0) is 0 Å². The van der Waals surface area contributed by atoms with Gasteiger partial charge in [0.15, 0.2) is 0 Å². The van der Waals surface area contributed by atoms with Crippen LogP contribution in [0.2, 0.25) is 0 Å². The van der Waals surface area contributed by atoms with Gasteiger partial charge in [0, 0.05) is 38.4 Å². The molecule has 20 heavy (non-hydrogen) atoms. The predicted molar refractivity (Wildman–Crippen MR) is 79.5 cm³/mol. The largest absolute Gasteiger partial charge is 0.392 e. The molecule has 0 spiro atoms. The number of pyridine rings is 1. The Balaban J connectivity index is 2.58. The monoisotopic (exact) mass is 279 g/mol. The number of hydrogen-bond acceptors (Lipinski definition) is 3. The molecule has 5 nitrogen and oxygen atoms in total. The summed E-state index contributed by atoms with van der Waals surface area (Å²) in [5.74, 6) is 0.633. The van der Waals surface area contributed by atoms with Crippen molar-refractivity contribution in [1.29, 1.82) is 0 Å². The Labute approximate surface area is 121 Å². The van der Waals surface area contributed by atoms with Crippen LogP contribution in [0.3, 0.4) is 0 Å². The fourth-order valence-electron chi connectivity index (χ4n) is 2.15. The van der Waals surface area contributed by atoms with Crippen LogP contribution in [0.1, 0.15) is 32.3 Å². The molecule has 1 aromatic rings. The van der Waals surface area contributed by atoms with Crippen molar-refractivity contribution in [1.82, 2.24) is 15.2 Å². The topological polar surface area (TPSA) is 65.5 Å². The Kier molecular flexibility index (Phi) is 6.45. The Morgan fingerprint density at radius 2 is 2.15 bits per heavy atom. The zero-order valence-corrected chi connectivity index (χ0v) is 12.7. The second-order valence-corrected chi connectivity index (χ2v) is 5.55. The number of nitrogens with one attached hydrogen (secondary N) is 1. The van der Waals surface area contributed by atoms with Crippen LogP contribution in [0.4, 0.5) is 4.79 Å². The molecule has 1 rings (SSSR count). The van der Waals surface area contributed by atoms with Gasteiger partial charge in [-0.3, -0.25) is 4.98 Å². The molecule has 0 saturated heterocycles. The van der Waals surface area contributed by atoms with E-state index in [4.69, 9.17) is 0 Å². The summed E-state index contributed by atoms with van der Waals surface area (Å²) in [6.45, 7) is 6.81. The van der Waals surface area contributed by atoms with Gasteiger partial charge >= 0.3 is 6.03 Å². The minimum absolute atomic E-state index is 0.166. The van der Waals surface area contributed by atoms with Crippen molar-refractivity contribution in [2.45, 2.75) is 32.8 Å². The van der Waals surface area contributed by atoms with Crippen molar-refractivity contribution >= 4 is 6.03 Å². The SMILES string of the molecule is CC(O)CN(C)C(=O)NCC(c1cccnc1)C(C)C. The van der Waals surface area contributed by atoms with Gasteiger partial charge in [-0.15, -0.1) is 0 Å². The van der Waals surface area contributed by atoms with Crippen LogP contribution in [0.25, 0.3) is 0 Å². The fraction of sp³-hybridized carbons (Fsp3) is 0.600. The number of aliphatic hydroxyl groups excluding tert-OH is 1. The third kappa shape index (κ3) is 5.17. The maximum Gasteiger partial charge on any atom is 0.317 e.